The van der Waals surface area contributed by atoms with E-state index in [0.29, 0.717) is 5.13 Å². The van der Waals surface area contributed by atoms with E-state index >= 15 is 0 Å². The summed E-state index contributed by atoms with van der Waals surface area (Å²) in [4.78, 5) is 18.8. The molecular formula is C16H20BrN3OS. The normalized spacial score (nSPS) is 16.2. The Morgan fingerprint density at radius 1 is 1.45 bits per heavy atom. The highest BCUT2D eigenvalue weighted by molar-refractivity contribution is 9.10. The highest BCUT2D eigenvalue weighted by atomic mass is 79.9. The molecule has 2 aromatic rings. The number of fused-ring (bicyclic) bond motifs is 1. The van der Waals surface area contributed by atoms with Crippen LogP contribution in [0.3, 0.4) is 0 Å². The van der Waals surface area contributed by atoms with E-state index in [1.807, 2.05) is 6.07 Å². The molecule has 1 atom stereocenters. The largest absolute Gasteiger partial charge is 0.371 e. The number of halogens is 1. The summed E-state index contributed by atoms with van der Waals surface area (Å²) in [5, 5.41) is 3.59. The molecule has 0 spiro atoms. The fourth-order valence-corrected chi connectivity index (χ4v) is 4.18. The van der Waals surface area contributed by atoms with Gasteiger partial charge in [-0.05, 0) is 37.5 Å². The van der Waals surface area contributed by atoms with Crippen molar-refractivity contribution in [1.29, 1.82) is 0 Å². The summed E-state index contributed by atoms with van der Waals surface area (Å²) in [6.45, 7) is 4.34. The monoisotopic (exact) mass is 381 g/mol. The molecule has 118 valence electrons. The fourth-order valence-electron chi connectivity index (χ4n) is 2.71. The zero-order valence-electron chi connectivity index (χ0n) is 12.6. The molecule has 4 nitrogen and oxygen atoms in total. The lowest BCUT2D eigenvalue weighted by Crippen LogP contribution is -2.22. The minimum atomic E-state index is -0.148. The Morgan fingerprint density at radius 3 is 2.95 bits per heavy atom. The fraction of sp³-hybridized carbons (Fsp3) is 0.500. The van der Waals surface area contributed by atoms with Crippen molar-refractivity contribution in [3.63, 3.8) is 0 Å². The van der Waals surface area contributed by atoms with Gasteiger partial charge in [0.1, 0.15) is 0 Å². The summed E-state index contributed by atoms with van der Waals surface area (Å²) in [6.07, 6.45) is 4.34. The molecule has 0 saturated carbocycles. The van der Waals surface area contributed by atoms with E-state index in [1.165, 1.54) is 18.5 Å². The number of nitrogens with zero attached hydrogens (tertiary/aromatic N) is 2. The van der Waals surface area contributed by atoms with Crippen LogP contribution < -0.4 is 10.2 Å². The predicted octanol–water partition coefficient (Wildman–Crippen LogP) is 4.40. The Kier molecular flexibility index (Phi) is 4.98. The van der Waals surface area contributed by atoms with Gasteiger partial charge < -0.3 is 10.2 Å². The van der Waals surface area contributed by atoms with Crippen molar-refractivity contribution in [1.82, 2.24) is 4.98 Å². The van der Waals surface area contributed by atoms with Crippen molar-refractivity contribution in [3.05, 3.63) is 18.2 Å². The summed E-state index contributed by atoms with van der Waals surface area (Å²) < 4.78 is 1.13. The van der Waals surface area contributed by atoms with E-state index < -0.39 is 0 Å². The minimum Gasteiger partial charge on any atom is -0.371 e. The van der Waals surface area contributed by atoms with Gasteiger partial charge in [-0.1, -0.05) is 40.6 Å². The molecule has 0 unspecified atom stereocenters. The van der Waals surface area contributed by atoms with Crippen LogP contribution >= 0.6 is 27.3 Å². The van der Waals surface area contributed by atoms with Crippen LogP contribution in [0.4, 0.5) is 10.8 Å². The van der Waals surface area contributed by atoms with Crippen LogP contribution in [0.25, 0.3) is 10.2 Å². The number of anilines is 2. The number of rotatable bonds is 5. The SMILES string of the molecule is CCC[C@@H](Br)C(=O)Nc1nc2ccc(N3CCCC3)cc2s1. The highest BCUT2D eigenvalue weighted by Crippen LogP contribution is 2.31. The van der Waals surface area contributed by atoms with Gasteiger partial charge in [-0.15, -0.1) is 0 Å². The first kappa shape index (κ1) is 15.7. The molecule has 1 aliphatic rings. The number of aromatic nitrogens is 1. The Balaban J connectivity index is 1.76. The molecule has 1 aliphatic heterocycles. The van der Waals surface area contributed by atoms with E-state index in [1.54, 1.807) is 11.3 Å². The van der Waals surface area contributed by atoms with E-state index in [2.05, 4.69) is 50.2 Å². The number of hydrogen-bond acceptors (Lipinski definition) is 4. The third-order valence-corrected chi connectivity index (χ3v) is 5.71. The van der Waals surface area contributed by atoms with Gasteiger partial charge in [0.05, 0.1) is 15.0 Å². The Hall–Kier alpha value is -1.14. The maximum Gasteiger partial charge on any atom is 0.239 e. The second-order valence-electron chi connectivity index (χ2n) is 5.61. The smallest absolute Gasteiger partial charge is 0.239 e. The maximum atomic E-state index is 12.1. The molecule has 0 bridgehead atoms. The van der Waals surface area contributed by atoms with Crippen molar-refractivity contribution in [2.24, 2.45) is 0 Å². The van der Waals surface area contributed by atoms with Gasteiger partial charge >= 0.3 is 0 Å². The van der Waals surface area contributed by atoms with Crippen LogP contribution in [0, 0.1) is 0 Å². The molecule has 6 heteroatoms. The minimum absolute atomic E-state index is 0.0133. The van der Waals surface area contributed by atoms with Gasteiger partial charge in [-0.3, -0.25) is 4.79 Å². The summed E-state index contributed by atoms with van der Waals surface area (Å²) in [5.41, 5.74) is 2.21. The number of alkyl halides is 1. The van der Waals surface area contributed by atoms with Crippen molar-refractivity contribution < 1.29 is 4.79 Å². The summed E-state index contributed by atoms with van der Waals surface area (Å²) in [5.74, 6) is -0.0133. The Labute approximate surface area is 143 Å². The first-order chi connectivity index (χ1) is 10.7. The van der Waals surface area contributed by atoms with Crippen LogP contribution in [-0.4, -0.2) is 28.8 Å². The molecule has 1 N–H and O–H groups in total. The molecular weight excluding hydrogens is 362 g/mol. The van der Waals surface area contributed by atoms with Crippen LogP contribution in [0.1, 0.15) is 32.6 Å². The van der Waals surface area contributed by atoms with Crippen LogP contribution in [-0.2, 0) is 4.79 Å². The van der Waals surface area contributed by atoms with Gasteiger partial charge in [0.25, 0.3) is 0 Å². The van der Waals surface area contributed by atoms with Gasteiger partial charge in [-0.25, -0.2) is 4.98 Å². The molecule has 1 fully saturated rings. The number of nitrogens with one attached hydrogen (secondary N) is 1. The van der Waals surface area contributed by atoms with E-state index in [0.717, 1.165) is 36.1 Å². The van der Waals surface area contributed by atoms with Gasteiger partial charge in [0.2, 0.25) is 5.91 Å². The third kappa shape index (κ3) is 3.43. The summed E-state index contributed by atoms with van der Waals surface area (Å²) in [7, 11) is 0. The van der Waals surface area contributed by atoms with E-state index in [-0.39, 0.29) is 10.7 Å². The zero-order chi connectivity index (χ0) is 15.5. The van der Waals surface area contributed by atoms with Gasteiger partial charge in [0, 0.05) is 18.8 Å². The second kappa shape index (κ2) is 6.96. The molecule has 0 aliphatic carbocycles. The summed E-state index contributed by atoms with van der Waals surface area (Å²) in [6, 6.07) is 6.36. The predicted molar refractivity (Wildman–Crippen MR) is 97.3 cm³/mol. The Bertz CT molecular complexity index is 666. The second-order valence-corrected chi connectivity index (χ2v) is 7.75. The highest BCUT2D eigenvalue weighted by Gasteiger charge is 2.17. The lowest BCUT2D eigenvalue weighted by atomic mass is 10.2. The molecule has 2 heterocycles. The molecule has 1 aromatic heterocycles. The molecule has 22 heavy (non-hydrogen) atoms. The van der Waals surface area contributed by atoms with E-state index in [9.17, 15) is 4.79 Å². The zero-order valence-corrected chi connectivity index (χ0v) is 15.0. The number of carbonyl (C=O) groups is 1. The molecule has 0 radical (unpaired) electrons. The quantitative estimate of drug-likeness (QED) is 0.780. The molecule has 1 aromatic carbocycles. The number of hydrogen-bond donors (Lipinski definition) is 1. The van der Waals surface area contributed by atoms with E-state index in [4.69, 9.17) is 0 Å². The van der Waals surface area contributed by atoms with Crippen LogP contribution in [0.15, 0.2) is 18.2 Å². The van der Waals surface area contributed by atoms with Gasteiger partial charge in [-0.2, -0.15) is 0 Å². The van der Waals surface area contributed by atoms with Crippen molar-refractivity contribution in [2.45, 2.75) is 37.4 Å². The van der Waals surface area contributed by atoms with Crippen LogP contribution in [0.5, 0.6) is 0 Å². The molecule has 1 saturated heterocycles. The first-order valence-electron chi connectivity index (χ1n) is 7.78. The average molecular weight is 382 g/mol. The number of amides is 1. The van der Waals surface area contributed by atoms with Crippen LogP contribution in [0.2, 0.25) is 0 Å². The Morgan fingerprint density at radius 2 is 2.23 bits per heavy atom. The van der Waals surface area contributed by atoms with Crippen molar-refractivity contribution >= 4 is 54.2 Å². The summed E-state index contributed by atoms with van der Waals surface area (Å²) >= 11 is 4.96. The lowest BCUT2D eigenvalue weighted by molar-refractivity contribution is -0.115. The van der Waals surface area contributed by atoms with Crippen molar-refractivity contribution in [2.75, 3.05) is 23.3 Å². The topological polar surface area (TPSA) is 45.2 Å². The first-order valence-corrected chi connectivity index (χ1v) is 9.51. The maximum absolute atomic E-state index is 12.1. The van der Waals surface area contributed by atoms with Gasteiger partial charge in [0.15, 0.2) is 5.13 Å². The average Bonchev–Trinajstić information content (AvgIpc) is 3.15. The molecule has 3 rings (SSSR count). The van der Waals surface area contributed by atoms with Crippen molar-refractivity contribution in [3.8, 4) is 0 Å². The third-order valence-electron chi connectivity index (χ3n) is 3.90. The number of carbonyl (C=O) groups excluding carboxylic acids is 1. The lowest BCUT2D eigenvalue weighted by Gasteiger charge is -2.16. The number of benzene rings is 1. The number of thiazole rings is 1. The standard InChI is InChI=1S/C16H20BrN3OS/c1-2-5-12(17)15(21)19-16-18-13-7-6-11(10-14(13)22-16)20-8-3-4-9-20/h6-7,10,12H,2-5,8-9H2,1H3,(H,18,19,21)/t12-/m1/s1. The molecule has 1 amide bonds.